The van der Waals surface area contributed by atoms with Gasteiger partial charge in [-0.25, -0.2) is 0 Å². The van der Waals surface area contributed by atoms with Crippen molar-refractivity contribution in [3.8, 4) is 0 Å². The number of hydrogen-bond donors (Lipinski definition) is 1. The van der Waals surface area contributed by atoms with E-state index >= 15 is 0 Å². The Morgan fingerprint density at radius 1 is 1.42 bits per heavy atom. The molecule has 0 amide bonds. The van der Waals surface area contributed by atoms with Crippen LogP contribution in [0.4, 0.5) is 0 Å². The van der Waals surface area contributed by atoms with Gasteiger partial charge in [0.25, 0.3) is 0 Å². The summed E-state index contributed by atoms with van der Waals surface area (Å²) in [6, 6.07) is 0. The lowest BCUT2D eigenvalue weighted by Crippen LogP contribution is -2.07. The molecule has 0 aromatic rings. The number of aliphatic hydroxyl groups is 1. The Balaban J connectivity index is 2.35. The van der Waals surface area contributed by atoms with Crippen molar-refractivity contribution in [2.75, 3.05) is 0 Å². The number of rotatable bonds is 0. The third kappa shape index (κ3) is 1.39. The summed E-state index contributed by atoms with van der Waals surface area (Å²) >= 11 is 3.42. The van der Waals surface area contributed by atoms with Crippen LogP contribution in [0.5, 0.6) is 0 Å². The molecule has 1 atom stereocenters. The zero-order chi connectivity index (χ0) is 8.55. The molecule has 0 bridgehead atoms. The van der Waals surface area contributed by atoms with Gasteiger partial charge in [0.2, 0.25) is 0 Å². The van der Waals surface area contributed by atoms with Crippen LogP contribution in [-0.4, -0.2) is 5.11 Å². The van der Waals surface area contributed by atoms with Crippen LogP contribution in [-0.2, 0) is 0 Å². The lowest BCUT2D eigenvalue weighted by atomic mass is 9.87. The molecule has 0 saturated heterocycles. The second kappa shape index (κ2) is 2.94. The first-order chi connectivity index (χ1) is 5.75. The first-order valence-electron chi connectivity index (χ1n) is 3.91. The molecule has 0 spiro atoms. The van der Waals surface area contributed by atoms with Crippen LogP contribution in [0.15, 0.2) is 46.2 Å². The molecule has 0 radical (unpaired) electrons. The largest absolute Gasteiger partial charge is 0.512 e. The smallest absolute Gasteiger partial charge is 0.0931 e. The molecule has 1 unspecified atom stereocenters. The van der Waals surface area contributed by atoms with Crippen LogP contribution in [0.2, 0.25) is 0 Å². The van der Waals surface area contributed by atoms with Gasteiger partial charge in [-0.2, -0.15) is 0 Å². The fraction of sp³-hybridized carbons (Fsp3) is 0.200. The summed E-state index contributed by atoms with van der Waals surface area (Å²) in [6.07, 6.45) is 10.7. The normalized spacial score (nSPS) is 27.1. The van der Waals surface area contributed by atoms with Gasteiger partial charge in [0.05, 0.1) is 5.76 Å². The van der Waals surface area contributed by atoms with Crippen LogP contribution >= 0.6 is 15.9 Å². The van der Waals surface area contributed by atoms with E-state index in [1.54, 1.807) is 6.08 Å². The summed E-state index contributed by atoms with van der Waals surface area (Å²) < 4.78 is 1.10. The second-order valence-electron chi connectivity index (χ2n) is 3.02. The van der Waals surface area contributed by atoms with Gasteiger partial charge < -0.3 is 5.11 Å². The van der Waals surface area contributed by atoms with Crippen molar-refractivity contribution in [1.82, 2.24) is 0 Å². The Morgan fingerprint density at radius 2 is 2.25 bits per heavy atom. The predicted octanol–water partition coefficient (Wildman–Crippen LogP) is 3.22. The van der Waals surface area contributed by atoms with Gasteiger partial charge in [-0.05, 0) is 17.7 Å². The van der Waals surface area contributed by atoms with E-state index in [9.17, 15) is 5.11 Å². The molecule has 62 valence electrons. The third-order valence-electron chi connectivity index (χ3n) is 2.12. The zero-order valence-corrected chi connectivity index (χ0v) is 8.08. The first-order valence-corrected chi connectivity index (χ1v) is 4.70. The number of fused-ring (bicyclic) bond motifs is 1. The molecule has 2 heteroatoms. The van der Waals surface area contributed by atoms with Gasteiger partial charge in [-0.15, -0.1) is 0 Å². The van der Waals surface area contributed by atoms with Gasteiger partial charge in [-0.3, -0.25) is 0 Å². The molecule has 2 rings (SSSR count). The minimum Gasteiger partial charge on any atom is -0.512 e. The van der Waals surface area contributed by atoms with E-state index < -0.39 is 0 Å². The van der Waals surface area contributed by atoms with E-state index in [0.717, 1.165) is 10.9 Å². The molecule has 0 aromatic heterocycles. The Morgan fingerprint density at radius 3 is 3.08 bits per heavy atom. The highest BCUT2D eigenvalue weighted by Crippen LogP contribution is 2.31. The molecule has 0 aromatic carbocycles. The van der Waals surface area contributed by atoms with E-state index in [4.69, 9.17) is 0 Å². The van der Waals surface area contributed by atoms with Crippen LogP contribution in [0.25, 0.3) is 0 Å². The first kappa shape index (κ1) is 7.87. The summed E-state index contributed by atoms with van der Waals surface area (Å²) in [5.41, 5.74) is 1.27. The Hall–Kier alpha value is -0.760. The number of aliphatic hydroxyl groups excluding tert-OH is 1. The molecule has 0 fully saturated rings. The van der Waals surface area contributed by atoms with E-state index in [2.05, 4.69) is 28.1 Å². The monoisotopic (exact) mass is 224 g/mol. The molecule has 2 aliphatic rings. The van der Waals surface area contributed by atoms with E-state index in [1.165, 1.54) is 5.57 Å². The summed E-state index contributed by atoms with van der Waals surface area (Å²) in [4.78, 5) is 0. The van der Waals surface area contributed by atoms with Crippen molar-refractivity contribution >= 4 is 15.9 Å². The van der Waals surface area contributed by atoms with Crippen molar-refractivity contribution in [3.63, 3.8) is 0 Å². The molecular weight excluding hydrogens is 216 g/mol. The van der Waals surface area contributed by atoms with Gasteiger partial charge in [-0.1, -0.05) is 34.2 Å². The second-order valence-corrected chi connectivity index (χ2v) is 3.94. The average Bonchev–Trinajstić information content (AvgIpc) is 2.05. The van der Waals surface area contributed by atoms with Crippen LogP contribution in [0.3, 0.4) is 0 Å². The molecular formula is C10H9BrO. The fourth-order valence-corrected chi connectivity index (χ4v) is 1.89. The van der Waals surface area contributed by atoms with Gasteiger partial charge in [0.15, 0.2) is 0 Å². The van der Waals surface area contributed by atoms with E-state index in [-0.39, 0.29) is 0 Å². The quantitative estimate of drug-likeness (QED) is 0.671. The molecule has 0 aliphatic heterocycles. The number of allylic oxidation sites excluding steroid dienone is 8. The lowest BCUT2D eigenvalue weighted by Gasteiger charge is -2.20. The lowest BCUT2D eigenvalue weighted by molar-refractivity contribution is 0.373. The van der Waals surface area contributed by atoms with Crippen molar-refractivity contribution in [2.24, 2.45) is 5.92 Å². The summed E-state index contributed by atoms with van der Waals surface area (Å²) in [5, 5.41) is 9.26. The molecule has 12 heavy (non-hydrogen) atoms. The molecule has 0 heterocycles. The predicted molar refractivity (Wildman–Crippen MR) is 53.1 cm³/mol. The fourth-order valence-electron chi connectivity index (χ4n) is 1.48. The van der Waals surface area contributed by atoms with Crippen LogP contribution in [0, 0.1) is 5.92 Å². The maximum absolute atomic E-state index is 9.26. The summed E-state index contributed by atoms with van der Waals surface area (Å²) in [5.74, 6) is 0.844. The Kier molecular flexibility index (Phi) is 1.93. The van der Waals surface area contributed by atoms with E-state index in [1.807, 2.05) is 12.2 Å². The molecule has 1 nitrogen and oxygen atoms in total. The van der Waals surface area contributed by atoms with Gasteiger partial charge in [0.1, 0.15) is 0 Å². The highest BCUT2D eigenvalue weighted by Gasteiger charge is 2.17. The summed E-state index contributed by atoms with van der Waals surface area (Å²) in [6.45, 7) is 0. The SMILES string of the molecule is OC1=CC=C2C=C(Br)C=CC2C1. The van der Waals surface area contributed by atoms with Crippen LogP contribution in [0.1, 0.15) is 6.42 Å². The maximum atomic E-state index is 9.26. The van der Waals surface area contributed by atoms with Gasteiger partial charge >= 0.3 is 0 Å². The van der Waals surface area contributed by atoms with Crippen LogP contribution < -0.4 is 0 Å². The van der Waals surface area contributed by atoms with Crippen molar-refractivity contribution in [2.45, 2.75) is 6.42 Å². The number of hydrogen-bond acceptors (Lipinski definition) is 1. The Labute approximate surface area is 79.9 Å². The van der Waals surface area contributed by atoms with Gasteiger partial charge in [0, 0.05) is 16.8 Å². The highest BCUT2D eigenvalue weighted by atomic mass is 79.9. The van der Waals surface area contributed by atoms with Crippen molar-refractivity contribution in [3.05, 3.63) is 46.2 Å². The topological polar surface area (TPSA) is 20.2 Å². The minimum absolute atomic E-state index is 0.372. The molecule has 2 aliphatic carbocycles. The van der Waals surface area contributed by atoms with Crippen molar-refractivity contribution in [1.29, 1.82) is 0 Å². The zero-order valence-electron chi connectivity index (χ0n) is 6.50. The summed E-state index contributed by atoms with van der Waals surface area (Å²) in [7, 11) is 0. The number of halogens is 1. The Bertz CT molecular complexity index is 321. The highest BCUT2D eigenvalue weighted by molar-refractivity contribution is 9.11. The molecule has 0 saturated carbocycles. The minimum atomic E-state index is 0.372. The van der Waals surface area contributed by atoms with Crippen molar-refractivity contribution < 1.29 is 5.11 Å². The average molecular weight is 225 g/mol. The molecule has 1 N–H and O–H groups in total. The maximum Gasteiger partial charge on any atom is 0.0931 e. The third-order valence-corrected chi connectivity index (χ3v) is 2.61. The van der Waals surface area contributed by atoms with E-state index in [0.29, 0.717) is 11.7 Å². The standard InChI is InChI=1S/C10H9BrO/c11-9-3-1-8-6-10(12)4-2-7(8)5-9/h1-5,8,12H,6H2.